The Hall–Kier alpha value is -0.680. The number of halogens is 1. The molecule has 1 unspecified atom stereocenters. The Balaban J connectivity index is 2.09. The summed E-state index contributed by atoms with van der Waals surface area (Å²) in [5.41, 5.74) is 1.000. The van der Waals surface area contributed by atoms with Gasteiger partial charge >= 0.3 is 0 Å². The highest BCUT2D eigenvalue weighted by atomic mass is 79.9. The zero-order valence-corrected chi connectivity index (χ0v) is 12.0. The van der Waals surface area contributed by atoms with Gasteiger partial charge in [-0.3, -0.25) is 0 Å². The van der Waals surface area contributed by atoms with Gasteiger partial charge in [0.2, 0.25) is 0 Å². The molecule has 17 heavy (non-hydrogen) atoms. The van der Waals surface area contributed by atoms with Crippen molar-refractivity contribution < 1.29 is 5.11 Å². The molecular formula is C13H9BrOS2. The maximum absolute atomic E-state index is 10.4. The number of hydrogen-bond donors (Lipinski definition) is 1. The molecule has 3 aromatic rings. The van der Waals surface area contributed by atoms with Crippen LogP contribution in [0.15, 0.2) is 45.6 Å². The van der Waals surface area contributed by atoms with E-state index in [1.54, 1.807) is 22.7 Å². The molecule has 0 spiro atoms. The topological polar surface area (TPSA) is 20.2 Å². The van der Waals surface area contributed by atoms with Gasteiger partial charge in [0.15, 0.2) is 0 Å². The molecule has 4 heteroatoms. The SMILES string of the molecule is OC(c1ccc(Br)s1)c1csc2ccccc12. The second kappa shape index (κ2) is 4.53. The van der Waals surface area contributed by atoms with Crippen LogP contribution in [0.5, 0.6) is 0 Å². The number of hydrogen-bond acceptors (Lipinski definition) is 3. The number of thiophene rings is 2. The molecule has 0 saturated heterocycles. The second-order valence-corrected chi connectivity index (χ2v) is 7.14. The van der Waals surface area contributed by atoms with Gasteiger partial charge in [0.05, 0.1) is 3.79 Å². The first-order valence-electron chi connectivity index (χ1n) is 5.15. The van der Waals surface area contributed by atoms with Gasteiger partial charge in [0, 0.05) is 15.1 Å². The molecule has 0 aliphatic carbocycles. The summed E-state index contributed by atoms with van der Waals surface area (Å²) < 4.78 is 2.27. The molecule has 2 heterocycles. The molecule has 1 N–H and O–H groups in total. The van der Waals surface area contributed by atoms with Crippen molar-refractivity contribution in [2.45, 2.75) is 6.10 Å². The summed E-state index contributed by atoms with van der Waals surface area (Å²) in [6.07, 6.45) is -0.526. The van der Waals surface area contributed by atoms with Crippen molar-refractivity contribution in [2.75, 3.05) is 0 Å². The van der Waals surface area contributed by atoms with Crippen LogP contribution in [0.4, 0.5) is 0 Å². The number of benzene rings is 1. The summed E-state index contributed by atoms with van der Waals surface area (Å²) in [7, 11) is 0. The first-order chi connectivity index (χ1) is 8.25. The van der Waals surface area contributed by atoms with Crippen molar-refractivity contribution in [3.05, 3.63) is 56.0 Å². The van der Waals surface area contributed by atoms with Crippen LogP contribution >= 0.6 is 38.6 Å². The van der Waals surface area contributed by atoms with Crippen LogP contribution in [0.3, 0.4) is 0 Å². The standard InChI is InChI=1S/C13H9BrOS2/c14-12-6-5-11(17-12)13(15)9-7-16-10-4-2-1-3-8(9)10/h1-7,13,15H. The van der Waals surface area contributed by atoms with E-state index in [-0.39, 0.29) is 0 Å². The zero-order valence-electron chi connectivity index (χ0n) is 8.76. The zero-order chi connectivity index (χ0) is 11.8. The molecule has 0 fully saturated rings. The van der Waals surface area contributed by atoms with Gasteiger partial charge in [0.1, 0.15) is 6.10 Å². The molecular weight excluding hydrogens is 316 g/mol. The lowest BCUT2D eigenvalue weighted by atomic mass is 10.1. The maximum atomic E-state index is 10.4. The molecule has 86 valence electrons. The second-order valence-electron chi connectivity index (χ2n) is 3.73. The van der Waals surface area contributed by atoms with Crippen LogP contribution in [-0.4, -0.2) is 5.11 Å². The van der Waals surface area contributed by atoms with Crippen molar-refractivity contribution >= 4 is 48.7 Å². The third kappa shape index (κ3) is 2.06. The average molecular weight is 325 g/mol. The summed E-state index contributed by atoms with van der Waals surface area (Å²) in [6.45, 7) is 0. The van der Waals surface area contributed by atoms with Gasteiger partial charge < -0.3 is 5.11 Å². The van der Waals surface area contributed by atoms with Gasteiger partial charge in [-0.2, -0.15) is 0 Å². The fraction of sp³-hybridized carbons (Fsp3) is 0.0769. The van der Waals surface area contributed by atoms with Crippen molar-refractivity contribution in [3.63, 3.8) is 0 Å². The van der Waals surface area contributed by atoms with E-state index in [0.29, 0.717) is 0 Å². The van der Waals surface area contributed by atoms with Crippen LogP contribution < -0.4 is 0 Å². The van der Waals surface area contributed by atoms with E-state index < -0.39 is 6.10 Å². The van der Waals surface area contributed by atoms with Crippen LogP contribution in [0, 0.1) is 0 Å². The van der Waals surface area contributed by atoms with E-state index in [9.17, 15) is 5.11 Å². The number of rotatable bonds is 2. The van der Waals surface area contributed by atoms with E-state index >= 15 is 0 Å². The third-order valence-corrected chi connectivity index (χ3v) is 5.33. The molecule has 2 aromatic heterocycles. The molecule has 0 radical (unpaired) electrons. The van der Waals surface area contributed by atoms with Crippen LogP contribution in [0.25, 0.3) is 10.1 Å². The first kappa shape index (κ1) is 11.4. The largest absolute Gasteiger partial charge is 0.383 e. The third-order valence-electron chi connectivity index (χ3n) is 2.67. The minimum Gasteiger partial charge on any atom is -0.383 e. The fourth-order valence-electron chi connectivity index (χ4n) is 1.84. The summed E-state index contributed by atoms with van der Waals surface area (Å²) in [5.74, 6) is 0. The number of fused-ring (bicyclic) bond motifs is 1. The van der Waals surface area contributed by atoms with Crippen LogP contribution in [0.2, 0.25) is 0 Å². The smallest absolute Gasteiger partial charge is 0.115 e. The molecule has 1 nitrogen and oxygen atoms in total. The average Bonchev–Trinajstić information content (AvgIpc) is 2.94. The Labute approximate surface area is 115 Å². The molecule has 3 rings (SSSR count). The molecule has 0 aliphatic heterocycles. The Morgan fingerprint density at radius 3 is 2.71 bits per heavy atom. The number of aliphatic hydroxyl groups excluding tert-OH is 1. The molecule has 0 amide bonds. The Kier molecular flexibility index (Phi) is 3.04. The fourth-order valence-corrected chi connectivity index (χ4v) is 4.25. The minimum absolute atomic E-state index is 0.526. The van der Waals surface area contributed by atoms with Gasteiger partial charge in [-0.15, -0.1) is 22.7 Å². The molecule has 1 atom stereocenters. The predicted molar refractivity (Wildman–Crippen MR) is 77.9 cm³/mol. The monoisotopic (exact) mass is 324 g/mol. The lowest BCUT2D eigenvalue weighted by Crippen LogP contribution is -1.95. The van der Waals surface area contributed by atoms with Gasteiger partial charge in [-0.25, -0.2) is 0 Å². The first-order valence-corrected chi connectivity index (χ1v) is 7.64. The normalized spacial score (nSPS) is 13.1. The van der Waals surface area contributed by atoms with Gasteiger partial charge in [-0.1, -0.05) is 18.2 Å². The quantitative estimate of drug-likeness (QED) is 0.717. The molecule has 0 aliphatic rings. The Morgan fingerprint density at radius 2 is 1.94 bits per heavy atom. The van der Waals surface area contributed by atoms with Crippen molar-refractivity contribution in [3.8, 4) is 0 Å². The number of aliphatic hydroxyl groups is 1. The highest BCUT2D eigenvalue weighted by Gasteiger charge is 2.16. The highest BCUT2D eigenvalue weighted by Crippen LogP contribution is 2.36. The van der Waals surface area contributed by atoms with E-state index in [1.807, 2.05) is 29.6 Å². The highest BCUT2D eigenvalue weighted by molar-refractivity contribution is 9.11. The summed E-state index contributed by atoms with van der Waals surface area (Å²) in [4.78, 5) is 0.973. The molecule has 1 aromatic carbocycles. The summed E-state index contributed by atoms with van der Waals surface area (Å²) >= 11 is 6.67. The van der Waals surface area contributed by atoms with Crippen molar-refractivity contribution in [1.82, 2.24) is 0 Å². The van der Waals surface area contributed by atoms with Gasteiger partial charge in [-0.05, 0) is 44.9 Å². The Morgan fingerprint density at radius 1 is 1.12 bits per heavy atom. The van der Waals surface area contributed by atoms with Crippen LogP contribution in [0.1, 0.15) is 16.5 Å². The van der Waals surface area contributed by atoms with Crippen molar-refractivity contribution in [2.24, 2.45) is 0 Å². The minimum atomic E-state index is -0.526. The summed E-state index contributed by atoms with van der Waals surface area (Å²) in [5, 5.41) is 13.6. The van der Waals surface area contributed by atoms with Crippen LogP contribution in [-0.2, 0) is 0 Å². The molecule has 0 saturated carbocycles. The summed E-state index contributed by atoms with van der Waals surface area (Å²) in [6, 6.07) is 12.1. The lowest BCUT2D eigenvalue weighted by molar-refractivity contribution is 0.226. The molecule has 0 bridgehead atoms. The van der Waals surface area contributed by atoms with E-state index in [0.717, 1.165) is 19.6 Å². The van der Waals surface area contributed by atoms with Gasteiger partial charge in [0.25, 0.3) is 0 Å². The maximum Gasteiger partial charge on any atom is 0.115 e. The Bertz CT molecular complexity index is 656. The van der Waals surface area contributed by atoms with E-state index in [1.165, 1.54) is 4.70 Å². The van der Waals surface area contributed by atoms with E-state index in [2.05, 4.69) is 28.1 Å². The van der Waals surface area contributed by atoms with E-state index in [4.69, 9.17) is 0 Å². The van der Waals surface area contributed by atoms with Crippen molar-refractivity contribution in [1.29, 1.82) is 0 Å². The predicted octanol–water partition coefficient (Wildman–Crippen LogP) is 4.81. The lowest BCUT2D eigenvalue weighted by Gasteiger charge is -2.07.